The van der Waals surface area contributed by atoms with Crippen LogP contribution in [0.4, 0.5) is 5.69 Å². The summed E-state index contributed by atoms with van der Waals surface area (Å²) in [4.78, 5) is 0.0280. The number of benzene rings is 1. The maximum atomic E-state index is 12.7. The molecule has 1 aliphatic heterocycles. The summed E-state index contributed by atoms with van der Waals surface area (Å²) < 4.78 is 28.6. The zero-order chi connectivity index (χ0) is 15.2. The second-order valence-corrected chi connectivity index (χ2v) is 7.23. The maximum Gasteiger partial charge on any atom is 0.245 e. The average molecular weight is 328 g/mol. The quantitative estimate of drug-likeness (QED) is 0.831. The van der Waals surface area contributed by atoms with Gasteiger partial charge in [0.25, 0.3) is 0 Å². The third-order valence-corrected chi connectivity index (χ3v) is 5.85. The second-order valence-electron chi connectivity index (χ2n) is 4.92. The predicted octanol–water partition coefficient (Wildman–Crippen LogP) is 1.03. The van der Waals surface area contributed by atoms with Crippen molar-refractivity contribution in [2.45, 2.75) is 24.9 Å². The Morgan fingerprint density at radius 1 is 1.33 bits per heavy atom. The van der Waals surface area contributed by atoms with Crippen LogP contribution in [0.5, 0.6) is 0 Å². The molecule has 1 aromatic heterocycles. The molecule has 0 atom stereocenters. The van der Waals surface area contributed by atoms with Crippen molar-refractivity contribution in [3.63, 3.8) is 0 Å². The molecular formula is C12H14ClN5O2S. The van der Waals surface area contributed by atoms with Crippen LogP contribution in [0.3, 0.4) is 0 Å². The number of rotatable bonds is 2. The average Bonchev–Trinajstić information content (AvgIpc) is 2.90. The van der Waals surface area contributed by atoms with Gasteiger partial charge in [-0.15, -0.1) is 10.2 Å². The van der Waals surface area contributed by atoms with Crippen molar-refractivity contribution in [1.82, 2.24) is 19.1 Å². The number of sulfonamides is 1. The Balaban J connectivity index is 2.00. The third kappa shape index (κ3) is 2.39. The van der Waals surface area contributed by atoms with Crippen molar-refractivity contribution in [2.75, 3.05) is 12.3 Å². The first-order valence-corrected chi connectivity index (χ1v) is 8.14. The van der Waals surface area contributed by atoms with E-state index in [0.29, 0.717) is 24.6 Å². The van der Waals surface area contributed by atoms with Gasteiger partial charge in [-0.05, 0) is 24.6 Å². The highest BCUT2D eigenvalue weighted by Gasteiger charge is 2.31. The lowest BCUT2D eigenvalue weighted by Gasteiger charge is -2.26. The molecule has 2 heterocycles. The number of anilines is 1. The molecule has 0 saturated heterocycles. The molecule has 112 valence electrons. The highest BCUT2D eigenvalue weighted by atomic mass is 35.5. The number of aromatic nitrogens is 3. The number of fused-ring (bicyclic) bond motifs is 1. The molecule has 0 spiro atoms. The van der Waals surface area contributed by atoms with E-state index in [4.69, 9.17) is 17.3 Å². The lowest BCUT2D eigenvalue weighted by molar-refractivity contribution is 0.335. The summed E-state index contributed by atoms with van der Waals surface area (Å²) >= 11 is 6.09. The molecule has 9 heteroatoms. The van der Waals surface area contributed by atoms with Crippen LogP contribution < -0.4 is 5.73 Å². The number of aryl methyl sites for hydroxylation is 1. The van der Waals surface area contributed by atoms with Gasteiger partial charge >= 0.3 is 0 Å². The van der Waals surface area contributed by atoms with Crippen LogP contribution in [0.2, 0.25) is 5.02 Å². The molecule has 0 bridgehead atoms. The van der Waals surface area contributed by atoms with Gasteiger partial charge in [0, 0.05) is 18.8 Å². The van der Waals surface area contributed by atoms with Gasteiger partial charge in [-0.1, -0.05) is 11.6 Å². The number of nitrogens with zero attached hydrogens (tertiary/aromatic N) is 4. The molecule has 1 aliphatic rings. The normalized spacial score (nSPS) is 15.9. The van der Waals surface area contributed by atoms with E-state index in [9.17, 15) is 8.42 Å². The fourth-order valence-corrected chi connectivity index (χ4v) is 4.23. The number of hydrogen-bond donors (Lipinski definition) is 1. The van der Waals surface area contributed by atoms with Crippen molar-refractivity contribution in [2.24, 2.45) is 0 Å². The predicted molar refractivity (Wildman–Crippen MR) is 78.2 cm³/mol. The zero-order valence-corrected chi connectivity index (χ0v) is 12.9. The highest BCUT2D eigenvalue weighted by Crippen LogP contribution is 2.30. The van der Waals surface area contributed by atoms with Crippen LogP contribution in [0.1, 0.15) is 11.4 Å². The Morgan fingerprint density at radius 3 is 2.86 bits per heavy atom. The first kappa shape index (κ1) is 14.3. The molecule has 0 radical (unpaired) electrons. The van der Waals surface area contributed by atoms with Gasteiger partial charge in [0.05, 0.1) is 11.6 Å². The van der Waals surface area contributed by atoms with E-state index >= 15 is 0 Å². The maximum absolute atomic E-state index is 12.7. The van der Waals surface area contributed by atoms with E-state index in [0.717, 1.165) is 5.56 Å². The molecule has 7 nitrogen and oxygen atoms in total. The summed E-state index contributed by atoms with van der Waals surface area (Å²) in [6.45, 7) is 2.81. The molecule has 0 amide bonds. The van der Waals surface area contributed by atoms with E-state index in [1.54, 1.807) is 19.3 Å². The van der Waals surface area contributed by atoms with Crippen molar-refractivity contribution in [1.29, 1.82) is 0 Å². The van der Waals surface area contributed by atoms with Gasteiger partial charge in [-0.3, -0.25) is 0 Å². The molecular weight excluding hydrogens is 314 g/mol. The van der Waals surface area contributed by atoms with Crippen LogP contribution >= 0.6 is 11.6 Å². The Morgan fingerprint density at radius 2 is 2.10 bits per heavy atom. The van der Waals surface area contributed by atoms with Crippen molar-refractivity contribution in [3.8, 4) is 0 Å². The summed E-state index contributed by atoms with van der Waals surface area (Å²) in [6, 6.07) is 2.97. The fraction of sp³-hybridized carbons (Fsp3) is 0.333. The molecule has 0 saturated carbocycles. The van der Waals surface area contributed by atoms with Crippen LogP contribution in [0.15, 0.2) is 23.4 Å². The van der Waals surface area contributed by atoms with Crippen molar-refractivity contribution < 1.29 is 8.42 Å². The zero-order valence-electron chi connectivity index (χ0n) is 11.3. The molecule has 2 N–H and O–H groups in total. The van der Waals surface area contributed by atoms with Gasteiger partial charge in [-0.2, -0.15) is 4.31 Å². The van der Waals surface area contributed by atoms with Gasteiger partial charge in [0.2, 0.25) is 10.0 Å². The van der Waals surface area contributed by atoms with E-state index < -0.39 is 10.0 Å². The summed E-state index contributed by atoms with van der Waals surface area (Å²) in [6.07, 6.45) is 1.59. The summed E-state index contributed by atoms with van der Waals surface area (Å²) in [7, 11) is -3.71. The van der Waals surface area contributed by atoms with Gasteiger partial charge in [0.1, 0.15) is 17.0 Å². The topological polar surface area (TPSA) is 94.1 Å². The first-order chi connectivity index (χ1) is 9.89. The summed E-state index contributed by atoms with van der Waals surface area (Å²) in [5.41, 5.74) is 6.96. The van der Waals surface area contributed by atoms with Crippen molar-refractivity contribution >= 4 is 27.3 Å². The van der Waals surface area contributed by atoms with Crippen LogP contribution in [0, 0.1) is 6.92 Å². The Bertz CT molecular complexity index is 802. The summed E-state index contributed by atoms with van der Waals surface area (Å²) in [5, 5.41) is 7.87. The Hall–Kier alpha value is -1.64. The minimum absolute atomic E-state index is 0.0280. The minimum atomic E-state index is -3.71. The summed E-state index contributed by atoms with van der Waals surface area (Å²) in [5.74, 6) is 0.612. The molecule has 21 heavy (non-hydrogen) atoms. The van der Waals surface area contributed by atoms with Gasteiger partial charge in [0.15, 0.2) is 0 Å². The molecule has 0 fully saturated rings. The second kappa shape index (κ2) is 4.97. The molecule has 0 unspecified atom stereocenters. The molecule has 0 aliphatic carbocycles. The molecule has 1 aromatic carbocycles. The Kier molecular flexibility index (Phi) is 3.39. The molecule has 2 aromatic rings. The monoisotopic (exact) mass is 327 g/mol. The standard InChI is InChI=1S/C12H14ClN5O2S/c1-8-4-9(13)11(5-10(8)14)21(19,20)18-3-2-17-7-15-16-12(17)6-18/h4-5,7H,2-3,6,14H2,1H3. The van der Waals surface area contributed by atoms with E-state index in [-0.39, 0.29) is 16.5 Å². The number of hydrogen-bond acceptors (Lipinski definition) is 5. The number of nitrogens with two attached hydrogens (primary N) is 1. The van der Waals surface area contributed by atoms with Crippen molar-refractivity contribution in [3.05, 3.63) is 34.9 Å². The first-order valence-electron chi connectivity index (χ1n) is 6.32. The lowest BCUT2D eigenvalue weighted by atomic mass is 10.2. The number of nitrogen functional groups attached to an aromatic ring is 1. The molecule has 3 rings (SSSR count). The highest BCUT2D eigenvalue weighted by molar-refractivity contribution is 7.89. The van der Waals surface area contributed by atoms with Gasteiger partial charge in [-0.25, -0.2) is 8.42 Å². The van der Waals surface area contributed by atoms with E-state index in [1.807, 2.05) is 4.57 Å². The lowest BCUT2D eigenvalue weighted by Crippen LogP contribution is -2.38. The minimum Gasteiger partial charge on any atom is -0.398 e. The van der Waals surface area contributed by atoms with E-state index in [1.165, 1.54) is 10.4 Å². The van der Waals surface area contributed by atoms with Crippen LogP contribution in [-0.2, 0) is 23.1 Å². The van der Waals surface area contributed by atoms with Crippen LogP contribution in [-0.4, -0.2) is 34.0 Å². The smallest absolute Gasteiger partial charge is 0.245 e. The Labute approximate surface area is 127 Å². The fourth-order valence-electron chi connectivity index (χ4n) is 2.25. The van der Waals surface area contributed by atoms with E-state index in [2.05, 4.69) is 10.2 Å². The SMILES string of the molecule is Cc1cc(Cl)c(S(=O)(=O)N2CCn3cnnc3C2)cc1N. The van der Waals surface area contributed by atoms with Crippen LogP contribution in [0.25, 0.3) is 0 Å². The third-order valence-electron chi connectivity index (χ3n) is 3.54. The largest absolute Gasteiger partial charge is 0.398 e. The number of halogens is 1. The van der Waals surface area contributed by atoms with Gasteiger partial charge < -0.3 is 10.3 Å².